The van der Waals surface area contributed by atoms with Crippen molar-refractivity contribution in [1.82, 2.24) is 4.31 Å². The molecule has 2 aromatic rings. The van der Waals surface area contributed by atoms with Crippen LogP contribution in [0.5, 0.6) is 0 Å². The van der Waals surface area contributed by atoms with Crippen molar-refractivity contribution in [2.75, 3.05) is 6.54 Å². The summed E-state index contributed by atoms with van der Waals surface area (Å²) in [5.41, 5.74) is 0. The molecule has 0 aliphatic heterocycles. The molecule has 0 atom stereocenters. The van der Waals surface area contributed by atoms with Crippen molar-refractivity contribution in [2.24, 2.45) is 0 Å². The molecule has 0 saturated carbocycles. The van der Waals surface area contributed by atoms with Gasteiger partial charge in [-0.15, -0.1) is 0 Å². The zero-order valence-corrected chi connectivity index (χ0v) is 14.1. The molecule has 0 spiro atoms. The quantitative estimate of drug-likeness (QED) is 0.714. The van der Waals surface area contributed by atoms with Gasteiger partial charge in [-0.3, -0.25) is 4.79 Å². The second-order valence-electron chi connectivity index (χ2n) is 5.34. The number of rotatable bonds is 7. The number of sulfonamides is 1. The molecule has 130 valence electrons. The fraction of sp³-hybridized carbons (Fsp3) is 0.312. The van der Waals surface area contributed by atoms with E-state index in [1.807, 2.05) is 0 Å². The van der Waals surface area contributed by atoms with Crippen LogP contribution >= 0.6 is 0 Å². The Balaban J connectivity index is 2.29. The molecule has 0 radical (unpaired) electrons. The van der Waals surface area contributed by atoms with Crippen LogP contribution in [0.2, 0.25) is 0 Å². The van der Waals surface area contributed by atoms with Gasteiger partial charge in [-0.25, -0.2) is 12.8 Å². The van der Waals surface area contributed by atoms with E-state index in [4.69, 9.17) is 9.15 Å². The molecule has 0 aliphatic rings. The van der Waals surface area contributed by atoms with E-state index in [9.17, 15) is 17.6 Å². The number of furan rings is 1. The maximum atomic E-state index is 13.0. The molecule has 2 rings (SSSR count). The van der Waals surface area contributed by atoms with Crippen molar-refractivity contribution in [2.45, 2.75) is 31.4 Å². The van der Waals surface area contributed by atoms with Gasteiger partial charge in [0, 0.05) is 0 Å². The number of halogens is 1. The van der Waals surface area contributed by atoms with Crippen LogP contribution < -0.4 is 0 Å². The Morgan fingerprint density at radius 2 is 1.92 bits per heavy atom. The molecule has 1 aromatic heterocycles. The van der Waals surface area contributed by atoms with E-state index in [-0.39, 0.29) is 17.5 Å². The first-order chi connectivity index (χ1) is 11.3. The average Bonchev–Trinajstić information content (AvgIpc) is 2.99. The summed E-state index contributed by atoms with van der Waals surface area (Å²) in [4.78, 5) is 11.8. The highest BCUT2D eigenvalue weighted by Gasteiger charge is 2.28. The first kappa shape index (κ1) is 18.2. The normalized spacial score (nSPS) is 11.9. The first-order valence-electron chi connectivity index (χ1n) is 7.26. The summed E-state index contributed by atoms with van der Waals surface area (Å²) in [5, 5.41) is 0. The number of carbonyl (C=O) groups excluding carboxylic acids is 1. The molecule has 0 amide bonds. The Morgan fingerprint density at radius 1 is 1.25 bits per heavy atom. The Bertz CT molecular complexity index is 769. The minimum Gasteiger partial charge on any atom is -0.468 e. The second kappa shape index (κ2) is 7.59. The van der Waals surface area contributed by atoms with Gasteiger partial charge in [0.2, 0.25) is 10.0 Å². The van der Waals surface area contributed by atoms with Crippen molar-refractivity contribution < 1.29 is 26.8 Å². The third-order valence-corrected chi connectivity index (χ3v) is 4.84. The van der Waals surface area contributed by atoms with Crippen LogP contribution in [0.1, 0.15) is 19.6 Å². The molecule has 0 saturated heterocycles. The Labute approximate surface area is 139 Å². The lowest BCUT2D eigenvalue weighted by atomic mass is 10.4. The summed E-state index contributed by atoms with van der Waals surface area (Å²) in [6, 6.07) is 7.60. The summed E-state index contributed by atoms with van der Waals surface area (Å²) < 4.78 is 49.6. The summed E-state index contributed by atoms with van der Waals surface area (Å²) in [7, 11) is -4.02. The third-order valence-electron chi connectivity index (χ3n) is 3.04. The lowest BCUT2D eigenvalue weighted by Gasteiger charge is -2.21. The van der Waals surface area contributed by atoms with Crippen LogP contribution in [0.3, 0.4) is 0 Å². The number of nitrogens with zero attached hydrogens (tertiary/aromatic N) is 1. The SMILES string of the molecule is CC(C)OC(=O)CN(Cc1ccco1)S(=O)(=O)c1ccc(F)cc1. The molecule has 6 nitrogen and oxygen atoms in total. The minimum absolute atomic E-state index is 0.118. The maximum Gasteiger partial charge on any atom is 0.321 e. The van der Waals surface area contributed by atoms with Gasteiger partial charge in [0.25, 0.3) is 0 Å². The van der Waals surface area contributed by atoms with Crippen molar-refractivity contribution >= 4 is 16.0 Å². The van der Waals surface area contributed by atoms with Gasteiger partial charge >= 0.3 is 5.97 Å². The average molecular weight is 355 g/mol. The van der Waals surface area contributed by atoms with E-state index in [0.717, 1.165) is 28.6 Å². The molecular formula is C16H18FNO5S. The number of hydrogen-bond acceptors (Lipinski definition) is 5. The Hall–Kier alpha value is -2.19. The third kappa shape index (κ3) is 4.65. The maximum absolute atomic E-state index is 13.0. The first-order valence-corrected chi connectivity index (χ1v) is 8.70. The van der Waals surface area contributed by atoms with E-state index in [0.29, 0.717) is 5.76 Å². The molecule has 0 N–H and O–H groups in total. The number of ether oxygens (including phenoxy) is 1. The van der Waals surface area contributed by atoms with Crippen molar-refractivity contribution in [3.8, 4) is 0 Å². The van der Waals surface area contributed by atoms with Crippen LogP contribution in [0.15, 0.2) is 52.0 Å². The van der Waals surface area contributed by atoms with Crippen molar-refractivity contribution in [3.05, 3.63) is 54.2 Å². The summed E-state index contributed by atoms with van der Waals surface area (Å²) >= 11 is 0. The van der Waals surface area contributed by atoms with Crippen molar-refractivity contribution in [1.29, 1.82) is 0 Å². The van der Waals surface area contributed by atoms with E-state index in [1.54, 1.807) is 26.0 Å². The monoisotopic (exact) mass is 355 g/mol. The predicted molar refractivity (Wildman–Crippen MR) is 83.9 cm³/mol. The largest absolute Gasteiger partial charge is 0.468 e. The standard InChI is InChI=1S/C16H18FNO5S/c1-12(2)23-16(19)11-18(10-14-4-3-9-22-14)24(20,21)15-7-5-13(17)6-8-15/h3-9,12H,10-11H2,1-2H3. The van der Waals surface area contributed by atoms with Gasteiger partial charge in [0.1, 0.15) is 18.1 Å². The molecule has 0 aliphatic carbocycles. The predicted octanol–water partition coefficient (Wildman–Crippen LogP) is 2.56. The number of benzene rings is 1. The molecule has 0 unspecified atom stereocenters. The van der Waals surface area contributed by atoms with Gasteiger partial charge in [-0.2, -0.15) is 4.31 Å². The second-order valence-corrected chi connectivity index (χ2v) is 7.28. The number of esters is 1. The highest BCUT2D eigenvalue weighted by Crippen LogP contribution is 2.19. The lowest BCUT2D eigenvalue weighted by Crippen LogP contribution is -2.36. The summed E-state index contributed by atoms with van der Waals surface area (Å²) in [6.45, 7) is 2.73. The number of carbonyl (C=O) groups is 1. The molecule has 0 fully saturated rings. The minimum atomic E-state index is -4.02. The highest BCUT2D eigenvalue weighted by atomic mass is 32.2. The molecule has 24 heavy (non-hydrogen) atoms. The zero-order chi connectivity index (χ0) is 17.7. The highest BCUT2D eigenvalue weighted by molar-refractivity contribution is 7.89. The topological polar surface area (TPSA) is 76.8 Å². The lowest BCUT2D eigenvalue weighted by molar-refractivity contribution is -0.147. The molecule has 1 heterocycles. The van der Waals surface area contributed by atoms with E-state index in [2.05, 4.69) is 0 Å². The van der Waals surface area contributed by atoms with E-state index in [1.165, 1.54) is 6.26 Å². The van der Waals surface area contributed by atoms with E-state index >= 15 is 0 Å². The number of hydrogen-bond donors (Lipinski definition) is 0. The molecular weight excluding hydrogens is 337 g/mol. The van der Waals surface area contributed by atoms with E-state index < -0.39 is 28.4 Å². The van der Waals surface area contributed by atoms with Crippen molar-refractivity contribution in [3.63, 3.8) is 0 Å². The summed E-state index contributed by atoms with van der Waals surface area (Å²) in [6.07, 6.45) is 1.04. The smallest absolute Gasteiger partial charge is 0.321 e. The Morgan fingerprint density at radius 3 is 2.46 bits per heavy atom. The van der Waals surface area contributed by atoms with Gasteiger partial charge in [-0.1, -0.05) is 0 Å². The zero-order valence-electron chi connectivity index (χ0n) is 13.3. The van der Waals surface area contributed by atoms with Crippen LogP contribution in [-0.2, 0) is 26.1 Å². The fourth-order valence-corrected chi connectivity index (χ4v) is 3.35. The fourth-order valence-electron chi connectivity index (χ4n) is 2.00. The van der Waals surface area contributed by atoms with Gasteiger partial charge in [-0.05, 0) is 50.2 Å². The molecule has 0 bridgehead atoms. The van der Waals surface area contributed by atoms with Crippen LogP contribution in [0, 0.1) is 5.82 Å². The summed E-state index contributed by atoms with van der Waals surface area (Å²) in [5.74, 6) is -0.856. The van der Waals surface area contributed by atoms with Crippen LogP contribution in [0.25, 0.3) is 0 Å². The van der Waals surface area contributed by atoms with Crippen LogP contribution in [-0.4, -0.2) is 31.3 Å². The van der Waals surface area contributed by atoms with Gasteiger partial charge < -0.3 is 9.15 Å². The molecule has 8 heteroatoms. The van der Waals surface area contributed by atoms with Gasteiger partial charge in [0.15, 0.2) is 0 Å². The van der Waals surface area contributed by atoms with Gasteiger partial charge in [0.05, 0.1) is 23.8 Å². The molecule has 1 aromatic carbocycles. The Kier molecular flexibility index (Phi) is 5.74. The van der Waals surface area contributed by atoms with Crippen LogP contribution in [0.4, 0.5) is 4.39 Å².